The van der Waals surface area contributed by atoms with Crippen LogP contribution in [0.3, 0.4) is 0 Å². The van der Waals surface area contributed by atoms with Crippen molar-refractivity contribution in [2.75, 3.05) is 19.4 Å². The quantitative estimate of drug-likeness (QED) is 0.155. The van der Waals surface area contributed by atoms with Gasteiger partial charge in [-0.2, -0.15) is 0 Å². The molecule has 0 aromatic heterocycles. The van der Waals surface area contributed by atoms with Gasteiger partial charge in [-0.05, 0) is 136 Å². The summed E-state index contributed by atoms with van der Waals surface area (Å²) in [5.74, 6) is 0. The summed E-state index contributed by atoms with van der Waals surface area (Å²) in [5, 5.41) is 0. The van der Waals surface area contributed by atoms with Crippen molar-refractivity contribution in [2.45, 2.75) is 0 Å². The van der Waals surface area contributed by atoms with Crippen LogP contribution in [0.4, 0.5) is 56.9 Å². The lowest BCUT2D eigenvalue weighted by Crippen LogP contribution is -2.65. The second kappa shape index (κ2) is 14.5. The number of rotatable bonds is 6. The molecular weight excluding hydrogens is 798 g/mol. The third kappa shape index (κ3) is 5.36. The maximum absolute atomic E-state index is 2.64. The Labute approximate surface area is 386 Å². The van der Waals surface area contributed by atoms with Gasteiger partial charge in [-0.25, -0.2) is 0 Å². The maximum atomic E-state index is 2.64. The Bertz CT molecular complexity index is 3220. The molecule has 66 heavy (non-hydrogen) atoms. The minimum Gasteiger partial charge on any atom is -0.376 e. The van der Waals surface area contributed by atoms with Gasteiger partial charge in [0.1, 0.15) is 0 Å². The second-order valence-electron chi connectivity index (χ2n) is 17.6. The maximum Gasteiger partial charge on any atom is 0.329 e. The van der Waals surface area contributed by atoms with Gasteiger partial charge in [-0.15, -0.1) is 0 Å². The Morgan fingerprint density at radius 2 is 0.591 bits per heavy atom. The van der Waals surface area contributed by atoms with Gasteiger partial charge in [0.15, 0.2) is 0 Å². The molecule has 14 rings (SSSR count). The molecule has 4 aliphatic heterocycles. The Morgan fingerprint density at radius 3 is 1.00 bits per heavy atom. The van der Waals surface area contributed by atoms with Crippen molar-refractivity contribution < 1.29 is 0 Å². The Hall–Kier alpha value is -8.47. The summed E-state index contributed by atoms with van der Waals surface area (Å²) >= 11 is 0. The standard InChI is InChI=1S/C60H40B2N4/c1-5-19-41(20-6-1)63(42-21-7-2-8-22-42)45-35-37-55-49(39-45)47-27-13-15-29-51(47)61-53-31-17-32-54-59(53)60-57(65(55)61)33-18-34-58(60)66-56-38-36-46(40-50(56)48-28-14-16-30-52(48)62(54)66)64(43-23-9-3-10-24-43)44-25-11-4-12-26-44/h1-40H. The van der Waals surface area contributed by atoms with Crippen LogP contribution in [0.5, 0.6) is 0 Å². The summed E-state index contributed by atoms with van der Waals surface area (Å²) in [7, 11) is 0. The van der Waals surface area contributed by atoms with Gasteiger partial charge in [0.25, 0.3) is 0 Å². The van der Waals surface area contributed by atoms with E-state index < -0.39 is 0 Å². The zero-order valence-electron chi connectivity index (χ0n) is 36.0. The zero-order chi connectivity index (χ0) is 43.3. The summed E-state index contributed by atoms with van der Waals surface area (Å²) in [4.78, 5) is 10.0. The average Bonchev–Trinajstić information content (AvgIpc) is 3.39. The molecule has 0 unspecified atom stereocenters. The Kier molecular flexibility index (Phi) is 8.14. The molecule has 0 bridgehead atoms. The lowest BCUT2D eigenvalue weighted by atomic mass is 9.37. The predicted molar refractivity (Wildman–Crippen MR) is 279 cm³/mol. The molecule has 0 amide bonds. The van der Waals surface area contributed by atoms with Crippen LogP contribution < -0.4 is 41.3 Å². The third-order valence-electron chi connectivity index (χ3n) is 14.2. The highest BCUT2D eigenvalue weighted by molar-refractivity contribution is 6.97. The van der Waals surface area contributed by atoms with Crippen LogP contribution in [0, 0.1) is 0 Å². The number of hydrogen-bond donors (Lipinski definition) is 0. The summed E-state index contributed by atoms with van der Waals surface area (Å²) in [6.07, 6.45) is 0. The smallest absolute Gasteiger partial charge is 0.329 e. The first-order valence-electron chi connectivity index (χ1n) is 22.9. The SMILES string of the molecule is c1ccc(N(c2ccccc2)c2ccc3c(c2)-c2ccccc2B2c4cccc5c4-c4c(cccc4N4B5c5ccccc5-c5cc(N(c6ccccc6)c6ccccc6)ccc54)N23)cc1. The lowest BCUT2D eigenvalue weighted by molar-refractivity contribution is 1.26. The number of fused-ring (bicyclic) bond motifs is 16. The van der Waals surface area contributed by atoms with E-state index in [0.29, 0.717) is 0 Å². The van der Waals surface area contributed by atoms with E-state index in [4.69, 9.17) is 0 Å². The number of hydrogen-bond acceptors (Lipinski definition) is 4. The molecule has 4 aliphatic rings. The Balaban J connectivity index is 0.976. The molecular formula is C60H40B2N4. The topological polar surface area (TPSA) is 13.0 Å². The van der Waals surface area contributed by atoms with Crippen LogP contribution in [-0.4, -0.2) is 13.7 Å². The zero-order valence-corrected chi connectivity index (χ0v) is 36.0. The molecule has 306 valence electrons. The van der Waals surface area contributed by atoms with E-state index >= 15 is 0 Å². The normalized spacial score (nSPS) is 13.0. The van der Waals surface area contributed by atoms with Gasteiger partial charge in [-0.3, -0.25) is 0 Å². The van der Waals surface area contributed by atoms with E-state index in [2.05, 4.69) is 262 Å². The largest absolute Gasteiger partial charge is 0.376 e. The molecule has 0 N–H and O–H groups in total. The molecule has 10 aromatic rings. The number of para-hydroxylation sites is 4. The third-order valence-corrected chi connectivity index (χ3v) is 14.2. The van der Waals surface area contributed by atoms with E-state index in [1.807, 2.05) is 0 Å². The molecule has 0 fully saturated rings. The molecule has 6 heteroatoms. The molecule has 0 saturated carbocycles. The van der Waals surface area contributed by atoms with E-state index in [-0.39, 0.29) is 13.7 Å². The van der Waals surface area contributed by atoms with Crippen molar-refractivity contribution in [1.29, 1.82) is 0 Å². The Morgan fingerprint density at radius 1 is 0.242 bits per heavy atom. The fourth-order valence-corrected chi connectivity index (χ4v) is 11.6. The first-order valence-corrected chi connectivity index (χ1v) is 22.9. The summed E-state index contributed by atoms with van der Waals surface area (Å²) in [5.41, 5.74) is 24.7. The minimum absolute atomic E-state index is 0.00113. The predicted octanol–water partition coefficient (Wildman–Crippen LogP) is 12.8. The molecule has 0 radical (unpaired) electrons. The summed E-state index contributed by atoms with van der Waals surface area (Å²) < 4.78 is 0. The van der Waals surface area contributed by atoms with E-state index in [9.17, 15) is 0 Å². The lowest BCUT2D eigenvalue weighted by Gasteiger charge is -2.50. The highest BCUT2D eigenvalue weighted by atomic mass is 15.2. The van der Waals surface area contributed by atoms with Crippen LogP contribution in [0.1, 0.15) is 0 Å². The van der Waals surface area contributed by atoms with Crippen molar-refractivity contribution >= 4 is 92.4 Å². The van der Waals surface area contributed by atoms with E-state index in [0.717, 1.165) is 34.1 Å². The van der Waals surface area contributed by atoms with Gasteiger partial charge < -0.3 is 19.4 Å². The van der Waals surface area contributed by atoms with Crippen LogP contribution in [0.2, 0.25) is 0 Å². The second-order valence-corrected chi connectivity index (χ2v) is 17.6. The molecule has 4 nitrogen and oxygen atoms in total. The molecule has 0 aliphatic carbocycles. The van der Waals surface area contributed by atoms with E-state index in [1.165, 1.54) is 78.0 Å². The van der Waals surface area contributed by atoms with Crippen LogP contribution in [0.25, 0.3) is 33.4 Å². The van der Waals surface area contributed by atoms with Crippen LogP contribution in [-0.2, 0) is 0 Å². The average molecular weight is 839 g/mol. The first kappa shape index (κ1) is 37.0. The van der Waals surface area contributed by atoms with Gasteiger partial charge in [0.05, 0.1) is 0 Å². The molecule has 4 heterocycles. The van der Waals surface area contributed by atoms with Crippen molar-refractivity contribution in [3.05, 3.63) is 243 Å². The number of nitrogens with zero attached hydrogens (tertiary/aromatic N) is 4. The van der Waals surface area contributed by atoms with Gasteiger partial charge in [0.2, 0.25) is 0 Å². The van der Waals surface area contributed by atoms with Gasteiger partial charge >= 0.3 is 13.7 Å². The molecule has 0 spiro atoms. The fourth-order valence-electron chi connectivity index (χ4n) is 11.6. The first-order chi connectivity index (χ1) is 32.8. The minimum atomic E-state index is -0.00113. The summed E-state index contributed by atoms with van der Waals surface area (Å²) in [6.45, 7) is -0.00225. The van der Waals surface area contributed by atoms with Crippen LogP contribution >= 0.6 is 0 Å². The van der Waals surface area contributed by atoms with Crippen molar-refractivity contribution in [1.82, 2.24) is 0 Å². The van der Waals surface area contributed by atoms with Crippen LogP contribution in [0.15, 0.2) is 243 Å². The highest BCUT2D eigenvalue weighted by Crippen LogP contribution is 2.54. The summed E-state index contributed by atoms with van der Waals surface area (Å²) in [6, 6.07) is 89.3. The number of anilines is 10. The molecule has 0 saturated heterocycles. The van der Waals surface area contributed by atoms with Gasteiger partial charge in [-0.1, -0.05) is 146 Å². The fraction of sp³-hybridized carbons (Fsp3) is 0. The molecule has 10 aromatic carbocycles. The van der Waals surface area contributed by atoms with Crippen molar-refractivity contribution in [2.24, 2.45) is 0 Å². The monoisotopic (exact) mass is 838 g/mol. The number of benzene rings is 10. The van der Waals surface area contributed by atoms with Crippen molar-refractivity contribution in [3.8, 4) is 33.4 Å². The van der Waals surface area contributed by atoms with Crippen molar-refractivity contribution in [3.63, 3.8) is 0 Å². The van der Waals surface area contributed by atoms with Gasteiger partial charge in [0, 0.05) is 73.6 Å². The highest BCUT2D eigenvalue weighted by Gasteiger charge is 2.50. The molecule has 0 atom stereocenters. The van der Waals surface area contributed by atoms with E-state index in [1.54, 1.807) is 0 Å².